The van der Waals surface area contributed by atoms with Crippen molar-refractivity contribution in [2.75, 3.05) is 19.8 Å². The zero-order chi connectivity index (χ0) is 27.5. The first-order valence-electron chi connectivity index (χ1n) is 13.3. The highest BCUT2D eigenvalue weighted by molar-refractivity contribution is 6.46. The molecule has 2 aliphatic rings. The number of hydrogen-bond acceptors (Lipinski definition) is 7. The van der Waals surface area contributed by atoms with E-state index in [1.54, 1.807) is 36.8 Å². The average molecular weight is 532 g/mol. The number of imidazole rings is 1. The van der Waals surface area contributed by atoms with Crippen molar-refractivity contribution >= 4 is 17.4 Å². The van der Waals surface area contributed by atoms with Crippen LogP contribution in [0.25, 0.3) is 5.76 Å². The van der Waals surface area contributed by atoms with Gasteiger partial charge < -0.3 is 28.8 Å². The van der Waals surface area contributed by atoms with E-state index in [2.05, 4.69) is 4.98 Å². The number of ketones is 1. The van der Waals surface area contributed by atoms with E-state index in [1.165, 1.54) is 4.90 Å². The fraction of sp³-hybridized carbons (Fsp3) is 0.367. The Morgan fingerprint density at radius 1 is 1.08 bits per heavy atom. The lowest BCUT2D eigenvalue weighted by Gasteiger charge is -2.26. The van der Waals surface area contributed by atoms with Crippen LogP contribution in [0.3, 0.4) is 0 Å². The largest absolute Gasteiger partial charge is 0.507 e. The summed E-state index contributed by atoms with van der Waals surface area (Å²) in [5, 5.41) is 11.5. The third-order valence-electron chi connectivity index (χ3n) is 6.97. The van der Waals surface area contributed by atoms with Gasteiger partial charge in [-0.05, 0) is 68.7 Å². The third kappa shape index (κ3) is 5.21. The summed E-state index contributed by atoms with van der Waals surface area (Å²) < 4.78 is 19.3. The molecule has 0 bridgehead atoms. The normalized spacial score (nSPS) is 19.7. The Labute approximate surface area is 227 Å². The molecular weight excluding hydrogens is 498 g/mol. The van der Waals surface area contributed by atoms with Crippen molar-refractivity contribution in [1.29, 1.82) is 0 Å². The number of ether oxygens (including phenoxy) is 3. The molecule has 9 nitrogen and oxygen atoms in total. The van der Waals surface area contributed by atoms with Gasteiger partial charge in [-0.1, -0.05) is 6.07 Å². The van der Waals surface area contributed by atoms with Crippen LogP contribution in [0.2, 0.25) is 0 Å². The molecule has 1 N–H and O–H groups in total. The minimum absolute atomic E-state index is 0.0410. The molecule has 5 rings (SSSR count). The molecule has 1 amide bonds. The van der Waals surface area contributed by atoms with Crippen molar-refractivity contribution in [2.24, 2.45) is 0 Å². The van der Waals surface area contributed by atoms with Crippen LogP contribution in [0.4, 0.5) is 0 Å². The molecule has 0 radical (unpaired) electrons. The highest BCUT2D eigenvalue weighted by Crippen LogP contribution is 2.43. The van der Waals surface area contributed by atoms with Crippen LogP contribution in [0.1, 0.15) is 49.9 Å². The van der Waals surface area contributed by atoms with Crippen LogP contribution in [-0.2, 0) is 22.6 Å². The summed E-state index contributed by atoms with van der Waals surface area (Å²) in [5.41, 5.74) is 2.14. The number of carbonyl (C=O) groups excluding carboxylic acids is 2. The molecule has 39 heavy (non-hydrogen) atoms. The van der Waals surface area contributed by atoms with E-state index in [9.17, 15) is 14.7 Å². The zero-order valence-electron chi connectivity index (χ0n) is 22.4. The summed E-state index contributed by atoms with van der Waals surface area (Å²) >= 11 is 0. The molecule has 204 valence electrons. The van der Waals surface area contributed by atoms with Gasteiger partial charge in [0, 0.05) is 37.5 Å². The predicted molar refractivity (Wildman–Crippen MR) is 145 cm³/mol. The standard InChI is InChI=1S/C30H33N3O6/c1-4-37-24-10-7-20(17-25(24)38-5-2)27-26(28(34)21-8-9-23-22(16-21)15-19(3)39-23)29(35)30(36)33(27)13-6-12-32-14-11-31-18-32/h7-11,14,16-19,27,34H,4-6,12-13,15H2,1-3H3/t19-,27+/m1/s1. The lowest BCUT2D eigenvalue weighted by atomic mass is 9.94. The number of aryl methyl sites for hydroxylation is 1. The number of likely N-dealkylation sites (tertiary alicyclic amines) is 1. The monoisotopic (exact) mass is 531 g/mol. The fourth-order valence-electron chi connectivity index (χ4n) is 5.26. The van der Waals surface area contributed by atoms with Gasteiger partial charge in [-0.15, -0.1) is 0 Å². The first kappa shape index (κ1) is 26.3. The molecule has 0 aliphatic carbocycles. The number of amides is 1. The molecule has 3 heterocycles. The number of aliphatic hydroxyl groups is 1. The first-order valence-corrected chi connectivity index (χ1v) is 13.3. The first-order chi connectivity index (χ1) is 18.9. The molecule has 1 fully saturated rings. The van der Waals surface area contributed by atoms with Crippen molar-refractivity contribution < 1.29 is 28.9 Å². The molecule has 2 aromatic carbocycles. The number of aromatic nitrogens is 2. The SMILES string of the molecule is CCOc1ccc([C@H]2C(=C(O)c3ccc4c(c3)C[C@@H](C)O4)C(=O)C(=O)N2CCCn2ccnc2)cc1OCC. The Kier molecular flexibility index (Phi) is 7.58. The van der Waals surface area contributed by atoms with Crippen molar-refractivity contribution in [3.05, 3.63) is 77.4 Å². The highest BCUT2D eigenvalue weighted by atomic mass is 16.5. The minimum atomic E-state index is -0.786. The molecule has 1 aromatic heterocycles. The van der Waals surface area contributed by atoms with Crippen molar-refractivity contribution in [1.82, 2.24) is 14.5 Å². The van der Waals surface area contributed by atoms with E-state index in [-0.39, 0.29) is 17.4 Å². The van der Waals surface area contributed by atoms with Gasteiger partial charge in [-0.2, -0.15) is 0 Å². The fourth-order valence-corrected chi connectivity index (χ4v) is 5.26. The average Bonchev–Trinajstić information content (AvgIpc) is 3.63. The zero-order valence-corrected chi connectivity index (χ0v) is 22.4. The quantitative estimate of drug-likeness (QED) is 0.233. The maximum atomic E-state index is 13.5. The van der Waals surface area contributed by atoms with Gasteiger partial charge in [-0.25, -0.2) is 4.98 Å². The van der Waals surface area contributed by atoms with Crippen LogP contribution >= 0.6 is 0 Å². The van der Waals surface area contributed by atoms with Crippen LogP contribution in [-0.4, -0.2) is 57.1 Å². The van der Waals surface area contributed by atoms with Crippen molar-refractivity contribution in [3.8, 4) is 17.2 Å². The van der Waals surface area contributed by atoms with E-state index in [0.717, 1.165) is 11.3 Å². The second kappa shape index (κ2) is 11.2. The molecule has 0 saturated carbocycles. The molecule has 9 heteroatoms. The Bertz CT molecular complexity index is 1400. The van der Waals surface area contributed by atoms with Crippen LogP contribution in [0, 0.1) is 0 Å². The van der Waals surface area contributed by atoms with Crippen LogP contribution < -0.4 is 14.2 Å². The lowest BCUT2D eigenvalue weighted by molar-refractivity contribution is -0.139. The molecule has 2 aliphatic heterocycles. The van der Waals surface area contributed by atoms with Crippen LogP contribution in [0.15, 0.2) is 60.7 Å². The Morgan fingerprint density at radius 2 is 1.87 bits per heavy atom. The van der Waals surface area contributed by atoms with Crippen LogP contribution in [0.5, 0.6) is 17.2 Å². The van der Waals surface area contributed by atoms with Gasteiger partial charge >= 0.3 is 0 Å². The minimum Gasteiger partial charge on any atom is -0.507 e. The van der Waals surface area contributed by atoms with Gasteiger partial charge in [0.15, 0.2) is 11.5 Å². The maximum absolute atomic E-state index is 13.5. The van der Waals surface area contributed by atoms with E-state index in [1.807, 2.05) is 43.7 Å². The molecule has 2 atom stereocenters. The number of fused-ring (bicyclic) bond motifs is 1. The molecule has 0 spiro atoms. The van der Waals surface area contributed by atoms with Crippen molar-refractivity contribution in [2.45, 2.75) is 52.3 Å². The van der Waals surface area contributed by atoms with Crippen molar-refractivity contribution in [3.63, 3.8) is 0 Å². The summed E-state index contributed by atoms with van der Waals surface area (Å²) in [5.74, 6) is 0.305. The maximum Gasteiger partial charge on any atom is 0.295 e. The lowest BCUT2D eigenvalue weighted by Crippen LogP contribution is -2.31. The van der Waals surface area contributed by atoms with Gasteiger partial charge in [-0.3, -0.25) is 9.59 Å². The summed E-state index contributed by atoms with van der Waals surface area (Å²) in [6.07, 6.45) is 6.61. The van der Waals surface area contributed by atoms with E-state index in [4.69, 9.17) is 14.2 Å². The summed E-state index contributed by atoms with van der Waals surface area (Å²) in [4.78, 5) is 32.4. The molecule has 3 aromatic rings. The number of aliphatic hydroxyl groups excluding tert-OH is 1. The number of rotatable bonds is 10. The second-order valence-electron chi connectivity index (χ2n) is 9.67. The number of nitrogens with zero attached hydrogens (tertiary/aromatic N) is 3. The Hall–Kier alpha value is -4.27. The predicted octanol–water partition coefficient (Wildman–Crippen LogP) is 4.52. The highest BCUT2D eigenvalue weighted by Gasteiger charge is 2.46. The van der Waals surface area contributed by atoms with E-state index >= 15 is 0 Å². The van der Waals surface area contributed by atoms with Gasteiger partial charge in [0.1, 0.15) is 17.6 Å². The van der Waals surface area contributed by atoms with Gasteiger partial charge in [0.05, 0.1) is 31.2 Å². The number of benzene rings is 2. The molecule has 0 unspecified atom stereocenters. The summed E-state index contributed by atoms with van der Waals surface area (Å²) in [6.45, 7) is 7.58. The second-order valence-corrected chi connectivity index (χ2v) is 9.67. The summed E-state index contributed by atoms with van der Waals surface area (Å²) in [7, 11) is 0. The third-order valence-corrected chi connectivity index (χ3v) is 6.97. The number of Topliss-reactive ketones (excluding diaryl/α,β-unsaturated/α-hetero) is 1. The van der Waals surface area contributed by atoms with E-state index in [0.29, 0.717) is 61.8 Å². The Morgan fingerprint density at radius 3 is 2.62 bits per heavy atom. The van der Waals surface area contributed by atoms with Gasteiger partial charge in [0.25, 0.3) is 11.7 Å². The number of hydrogen-bond donors (Lipinski definition) is 1. The molecular formula is C30H33N3O6. The molecule has 1 saturated heterocycles. The number of carbonyl (C=O) groups is 2. The van der Waals surface area contributed by atoms with E-state index < -0.39 is 17.7 Å². The summed E-state index contributed by atoms with van der Waals surface area (Å²) in [6, 6.07) is 9.96. The Balaban J connectivity index is 1.57. The van der Waals surface area contributed by atoms with Gasteiger partial charge in [0.2, 0.25) is 0 Å². The topological polar surface area (TPSA) is 103 Å². The smallest absolute Gasteiger partial charge is 0.295 e.